The topological polar surface area (TPSA) is 81.2 Å². The number of benzene rings is 1. The van der Waals surface area contributed by atoms with E-state index in [9.17, 15) is 4.79 Å². The third-order valence-corrected chi connectivity index (χ3v) is 3.22. The predicted octanol–water partition coefficient (Wildman–Crippen LogP) is 2.84. The fourth-order valence-corrected chi connectivity index (χ4v) is 1.89. The van der Waals surface area contributed by atoms with E-state index in [4.69, 9.17) is 10.2 Å². The molecule has 0 fully saturated rings. The van der Waals surface area contributed by atoms with Gasteiger partial charge in [0.2, 0.25) is 5.89 Å². The molecule has 0 aliphatic rings. The van der Waals surface area contributed by atoms with E-state index in [2.05, 4.69) is 10.3 Å². The number of nitrogens with zero attached hydrogens (tertiary/aromatic N) is 1. The van der Waals surface area contributed by atoms with Gasteiger partial charge in [-0.2, -0.15) is 0 Å². The summed E-state index contributed by atoms with van der Waals surface area (Å²) in [6, 6.07) is 7.32. The van der Waals surface area contributed by atoms with Crippen LogP contribution in [0.5, 0.6) is 0 Å². The molecule has 2 aromatic rings. The molecule has 2 rings (SSSR count). The lowest BCUT2D eigenvalue weighted by atomic mass is 10.1. The smallest absolute Gasteiger partial charge is 0.273 e. The van der Waals surface area contributed by atoms with Crippen LogP contribution in [0.3, 0.4) is 0 Å². The summed E-state index contributed by atoms with van der Waals surface area (Å²) in [5.41, 5.74) is 7.39. The molecule has 106 valence electrons. The van der Waals surface area contributed by atoms with E-state index in [-0.39, 0.29) is 11.9 Å². The minimum Gasteiger partial charge on any atom is -0.444 e. The second-order valence-electron chi connectivity index (χ2n) is 4.65. The van der Waals surface area contributed by atoms with Crippen LogP contribution in [-0.4, -0.2) is 16.9 Å². The van der Waals surface area contributed by atoms with Crippen molar-refractivity contribution in [2.24, 2.45) is 0 Å². The number of rotatable bonds is 5. The van der Waals surface area contributed by atoms with Crippen LogP contribution < -0.4 is 11.1 Å². The zero-order valence-corrected chi connectivity index (χ0v) is 11.7. The largest absolute Gasteiger partial charge is 0.444 e. The fraction of sp³-hybridized carbons (Fsp3) is 0.333. The Balaban J connectivity index is 2.12. The Labute approximate surface area is 118 Å². The van der Waals surface area contributed by atoms with Gasteiger partial charge in [-0.05, 0) is 37.1 Å². The van der Waals surface area contributed by atoms with E-state index in [1.807, 2.05) is 26.0 Å². The average Bonchev–Trinajstić information content (AvgIpc) is 2.95. The van der Waals surface area contributed by atoms with E-state index in [1.54, 1.807) is 12.1 Å². The molecule has 1 aromatic carbocycles. The molecule has 3 N–H and O–H groups in total. The summed E-state index contributed by atoms with van der Waals surface area (Å²) < 4.78 is 5.35. The van der Waals surface area contributed by atoms with Gasteiger partial charge in [0, 0.05) is 17.3 Å². The number of hydrogen-bond acceptors (Lipinski definition) is 4. The summed E-state index contributed by atoms with van der Waals surface area (Å²) in [5.74, 6) is 0.212. The van der Waals surface area contributed by atoms with Crippen LogP contribution >= 0.6 is 0 Å². The van der Waals surface area contributed by atoms with Gasteiger partial charge in [0.1, 0.15) is 6.26 Å². The van der Waals surface area contributed by atoms with Crippen molar-refractivity contribution in [2.45, 2.75) is 32.7 Å². The highest BCUT2D eigenvalue weighted by Crippen LogP contribution is 2.19. The van der Waals surface area contributed by atoms with Gasteiger partial charge >= 0.3 is 0 Å². The van der Waals surface area contributed by atoms with Crippen LogP contribution in [0.25, 0.3) is 11.5 Å². The number of nitrogens with two attached hydrogens (primary N) is 1. The second-order valence-corrected chi connectivity index (χ2v) is 4.65. The number of nitrogen functional groups attached to an aromatic ring is 1. The normalized spacial score (nSPS) is 10.8. The van der Waals surface area contributed by atoms with Gasteiger partial charge in [0.25, 0.3) is 5.91 Å². The third kappa shape index (κ3) is 3.17. The van der Waals surface area contributed by atoms with Gasteiger partial charge in [0.05, 0.1) is 0 Å². The molecule has 0 atom stereocenters. The molecule has 0 aliphatic heterocycles. The average molecular weight is 273 g/mol. The van der Waals surface area contributed by atoms with Crippen LogP contribution in [0.2, 0.25) is 0 Å². The number of hydrogen-bond donors (Lipinski definition) is 2. The third-order valence-electron chi connectivity index (χ3n) is 3.22. The van der Waals surface area contributed by atoms with Gasteiger partial charge in [0.15, 0.2) is 5.69 Å². The van der Waals surface area contributed by atoms with Crippen LogP contribution in [0.15, 0.2) is 34.9 Å². The first-order valence-corrected chi connectivity index (χ1v) is 6.76. The molecule has 0 bridgehead atoms. The summed E-state index contributed by atoms with van der Waals surface area (Å²) in [6.07, 6.45) is 3.17. The maximum absolute atomic E-state index is 12.0. The number of carbonyl (C=O) groups is 1. The Morgan fingerprint density at radius 2 is 1.95 bits per heavy atom. The molecule has 0 saturated heterocycles. The lowest BCUT2D eigenvalue weighted by Crippen LogP contribution is -2.33. The molecular weight excluding hydrogens is 254 g/mol. The number of nitrogens with one attached hydrogen (secondary N) is 1. The number of carbonyl (C=O) groups excluding carboxylic acids is 1. The van der Waals surface area contributed by atoms with Crippen molar-refractivity contribution in [1.82, 2.24) is 10.3 Å². The molecule has 20 heavy (non-hydrogen) atoms. The van der Waals surface area contributed by atoms with Crippen molar-refractivity contribution in [2.75, 3.05) is 5.73 Å². The summed E-state index contributed by atoms with van der Waals surface area (Å²) in [6.45, 7) is 4.08. The van der Waals surface area contributed by atoms with E-state index in [0.29, 0.717) is 17.3 Å². The minimum atomic E-state index is -0.204. The van der Waals surface area contributed by atoms with Gasteiger partial charge in [-0.3, -0.25) is 4.79 Å². The Hall–Kier alpha value is -2.30. The summed E-state index contributed by atoms with van der Waals surface area (Å²) in [4.78, 5) is 16.2. The zero-order chi connectivity index (χ0) is 14.5. The molecule has 0 radical (unpaired) electrons. The monoisotopic (exact) mass is 273 g/mol. The number of amides is 1. The Bertz CT molecular complexity index is 571. The maximum Gasteiger partial charge on any atom is 0.273 e. The molecule has 0 unspecified atom stereocenters. The fourth-order valence-electron chi connectivity index (χ4n) is 1.89. The standard InChI is InChI=1S/C15H19N3O2/c1-3-12(4-2)17-14(19)13-9-20-15(18-13)10-5-7-11(16)8-6-10/h5-9,12H,3-4,16H2,1-2H3,(H,17,19). The Kier molecular flexibility index (Phi) is 4.40. The first kappa shape index (κ1) is 14.1. The van der Waals surface area contributed by atoms with Crippen molar-refractivity contribution in [1.29, 1.82) is 0 Å². The first-order valence-electron chi connectivity index (χ1n) is 6.76. The van der Waals surface area contributed by atoms with Crippen LogP contribution in [0.1, 0.15) is 37.2 Å². The second kappa shape index (κ2) is 6.23. The van der Waals surface area contributed by atoms with Crippen molar-refractivity contribution in [3.8, 4) is 11.5 Å². The van der Waals surface area contributed by atoms with Crippen LogP contribution in [0, 0.1) is 0 Å². The molecule has 1 aromatic heterocycles. The molecular formula is C15H19N3O2. The number of oxazole rings is 1. The van der Waals surface area contributed by atoms with Crippen molar-refractivity contribution >= 4 is 11.6 Å². The molecule has 5 nitrogen and oxygen atoms in total. The first-order chi connectivity index (χ1) is 9.63. The van der Waals surface area contributed by atoms with Gasteiger partial charge in [-0.25, -0.2) is 4.98 Å². The van der Waals surface area contributed by atoms with Crippen molar-refractivity contribution in [3.63, 3.8) is 0 Å². The highest BCUT2D eigenvalue weighted by Gasteiger charge is 2.15. The summed E-state index contributed by atoms with van der Waals surface area (Å²) in [7, 11) is 0. The number of anilines is 1. The Morgan fingerprint density at radius 1 is 1.30 bits per heavy atom. The highest BCUT2D eigenvalue weighted by atomic mass is 16.3. The molecule has 5 heteroatoms. The van der Waals surface area contributed by atoms with Crippen LogP contribution in [0.4, 0.5) is 5.69 Å². The predicted molar refractivity (Wildman–Crippen MR) is 78.2 cm³/mol. The zero-order valence-electron chi connectivity index (χ0n) is 11.7. The van der Waals surface area contributed by atoms with E-state index in [1.165, 1.54) is 6.26 Å². The Morgan fingerprint density at radius 3 is 2.55 bits per heavy atom. The van der Waals surface area contributed by atoms with Gasteiger partial charge in [-0.1, -0.05) is 13.8 Å². The van der Waals surface area contributed by atoms with Crippen molar-refractivity contribution < 1.29 is 9.21 Å². The SMILES string of the molecule is CCC(CC)NC(=O)c1coc(-c2ccc(N)cc2)n1. The molecule has 0 aliphatic carbocycles. The lowest BCUT2D eigenvalue weighted by Gasteiger charge is -2.12. The van der Waals surface area contributed by atoms with E-state index in [0.717, 1.165) is 18.4 Å². The van der Waals surface area contributed by atoms with Crippen LogP contribution in [-0.2, 0) is 0 Å². The van der Waals surface area contributed by atoms with Crippen molar-refractivity contribution in [3.05, 3.63) is 36.2 Å². The minimum absolute atomic E-state index is 0.166. The highest BCUT2D eigenvalue weighted by molar-refractivity contribution is 5.92. The van der Waals surface area contributed by atoms with E-state index >= 15 is 0 Å². The van der Waals surface area contributed by atoms with Gasteiger partial charge < -0.3 is 15.5 Å². The molecule has 1 amide bonds. The van der Waals surface area contributed by atoms with E-state index < -0.39 is 0 Å². The molecule has 0 spiro atoms. The lowest BCUT2D eigenvalue weighted by molar-refractivity contribution is 0.0930. The number of aromatic nitrogens is 1. The summed E-state index contributed by atoms with van der Waals surface area (Å²) >= 11 is 0. The quantitative estimate of drug-likeness (QED) is 0.821. The van der Waals surface area contributed by atoms with Gasteiger partial charge in [-0.15, -0.1) is 0 Å². The summed E-state index contributed by atoms with van der Waals surface area (Å²) in [5, 5.41) is 2.93. The molecule has 1 heterocycles. The maximum atomic E-state index is 12.0. The molecule has 0 saturated carbocycles.